The van der Waals surface area contributed by atoms with Crippen molar-refractivity contribution < 1.29 is 9.21 Å². The zero-order chi connectivity index (χ0) is 8.97. The maximum absolute atomic E-state index is 11.4. The Kier molecular flexibility index (Phi) is 3.53. The SMILES string of the molecule is CCCCC(=O)c1occc1Br. The Hall–Kier alpha value is -0.570. The standard InChI is InChI=1S/C9H11BrO2/c1-2-3-4-8(11)9-7(10)5-6-12-9/h5-6H,2-4H2,1H3. The minimum absolute atomic E-state index is 0.0775. The molecule has 0 radical (unpaired) electrons. The van der Waals surface area contributed by atoms with Gasteiger partial charge in [-0.1, -0.05) is 13.3 Å². The summed E-state index contributed by atoms with van der Waals surface area (Å²) in [6, 6.07) is 1.74. The van der Waals surface area contributed by atoms with E-state index in [0.717, 1.165) is 17.3 Å². The summed E-state index contributed by atoms with van der Waals surface area (Å²) < 4.78 is 5.78. The highest BCUT2D eigenvalue weighted by atomic mass is 79.9. The molecule has 0 spiro atoms. The Labute approximate surface area is 80.1 Å². The zero-order valence-corrected chi connectivity index (χ0v) is 8.56. The van der Waals surface area contributed by atoms with Crippen molar-refractivity contribution in [2.24, 2.45) is 0 Å². The molecule has 0 aromatic carbocycles. The second-order valence-electron chi connectivity index (χ2n) is 2.62. The molecule has 0 saturated heterocycles. The first-order chi connectivity index (χ1) is 5.75. The molecule has 0 aliphatic heterocycles. The molecular formula is C9H11BrO2. The highest BCUT2D eigenvalue weighted by molar-refractivity contribution is 9.10. The van der Waals surface area contributed by atoms with Crippen molar-refractivity contribution >= 4 is 21.7 Å². The fraction of sp³-hybridized carbons (Fsp3) is 0.444. The van der Waals surface area contributed by atoms with Gasteiger partial charge in [-0.15, -0.1) is 0 Å². The van der Waals surface area contributed by atoms with Gasteiger partial charge in [-0.05, 0) is 28.4 Å². The molecule has 2 nitrogen and oxygen atoms in total. The van der Waals surface area contributed by atoms with E-state index in [2.05, 4.69) is 22.9 Å². The molecule has 0 N–H and O–H groups in total. The molecule has 12 heavy (non-hydrogen) atoms. The first-order valence-corrected chi connectivity index (χ1v) is 4.81. The number of hydrogen-bond acceptors (Lipinski definition) is 2. The fourth-order valence-electron chi connectivity index (χ4n) is 0.944. The van der Waals surface area contributed by atoms with Crippen molar-refractivity contribution in [3.8, 4) is 0 Å². The lowest BCUT2D eigenvalue weighted by atomic mass is 10.1. The van der Waals surface area contributed by atoms with Crippen LogP contribution in [0.2, 0.25) is 0 Å². The summed E-state index contributed by atoms with van der Waals surface area (Å²) in [4.78, 5) is 11.4. The molecular weight excluding hydrogens is 220 g/mol. The van der Waals surface area contributed by atoms with Gasteiger partial charge >= 0.3 is 0 Å². The first-order valence-electron chi connectivity index (χ1n) is 4.02. The number of unbranched alkanes of at least 4 members (excludes halogenated alkanes) is 1. The number of carbonyl (C=O) groups is 1. The molecule has 1 heterocycles. The minimum atomic E-state index is 0.0775. The molecule has 66 valence electrons. The molecule has 0 amide bonds. The van der Waals surface area contributed by atoms with E-state index in [1.54, 1.807) is 6.07 Å². The van der Waals surface area contributed by atoms with Gasteiger partial charge < -0.3 is 4.42 Å². The van der Waals surface area contributed by atoms with Crippen LogP contribution >= 0.6 is 15.9 Å². The molecule has 0 saturated carbocycles. The van der Waals surface area contributed by atoms with Gasteiger partial charge in [0.2, 0.25) is 0 Å². The lowest BCUT2D eigenvalue weighted by Gasteiger charge is -1.95. The molecule has 0 aliphatic carbocycles. The molecule has 0 bridgehead atoms. The van der Waals surface area contributed by atoms with Crippen molar-refractivity contribution in [3.05, 3.63) is 22.6 Å². The van der Waals surface area contributed by atoms with E-state index in [0.29, 0.717) is 12.2 Å². The quantitative estimate of drug-likeness (QED) is 0.743. The summed E-state index contributed by atoms with van der Waals surface area (Å²) in [7, 11) is 0. The van der Waals surface area contributed by atoms with Crippen LogP contribution in [0.25, 0.3) is 0 Å². The first kappa shape index (κ1) is 9.52. The average Bonchev–Trinajstić information content (AvgIpc) is 2.47. The van der Waals surface area contributed by atoms with Crippen LogP contribution in [0.5, 0.6) is 0 Å². The summed E-state index contributed by atoms with van der Waals surface area (Å²) in [6.45, 7) is 2.06. The molecule has 0 fully saturated rings. The summed E-state index contributed by atoms with van der Waals surface area (Å²) in [6.07, 6.45) is 4.04. The number of rotatable bonds is 4. The van der Waals surface area contributed by atoms with Crippen LogP contribution in [0.1, 0.15) is 36.7 Å². The van der Waals surface area contributed by atoms with Crippen LogP contribution in [-0.4, -0.2) is 5.78 Å². The normalized spacial score (nSPS) is 10.2. The van der Waals surface area contributed by atoms with Gasteiger partial charge in [-0.3, -0.25) is 4.79 Å². The Morgan fingerprint density at radius 1 is 1.67 bits per heavy atom. The lowest BCUT2D eigenvalue weighted by Crippen LogP contribution is -1.96. The highest BCUT2D eigenvalue weighted by Gasteiger charge is 2.12. The Balaban J connectivity index is 2.59. The van der Waals surface area contributed by atoms with Crippen molar-refractivity contribution in [1.82, 2.24) is 0 Å². The van der Waals surface area contributed by atoms with Crippen LogP contribution in [0, 0.1) is 0 Å². The van der Waals surface area contributed by atoms with Gasteiger partial charge in [0.15, 0.2) is 11.5 Å². The molecule has 1 rings (SSSR count). The summed E-state index contributed by atoms with van der Waals surface area (Å²) in [5.74, 6) is 0.525. The minimum Gasteiger partial charge on any atom is -0.460 e. The maximum atomic E-state index is 11.4. The Bertz CT molecular complexity index is 265. The Morgan fingerprint density at radius 2 is 2.42 bits per heavy atom. The van der Waals surface area contributed by atoms with E-state index < -0.39 is 0 Å². The van der Waals surface area contributed by atoms with Crippen LogP contribution in [-0.2, 0) is 0 Å². The third kappa shape index (κ3) is 2.21. The van der Waals surface area contributed by atoms with Gasteiger partial charge in [-0.2, -0.15) is 0 Å². The third-order valence-electron chi connectivity index (χ3n) is 1.63. The fourth-order valence-corrected chi connectivity index (χ4v) is 1.37. The summed E-state index contributed by atoms with van der Waals surface area (Å²) in [5, 5.41) is 0. The molecule has 0 aliphatic rings. The highest BCUT2D eigenvalue weighted by Crippen LogP contribution is 2.19. The smallest absolute Gasteiger partial charge is 0.199 e. The topological polar surface area (TPSA) is 30.2 Å². The number of Topliss-reactive ketones (excluding diaryl/α,β-unsaturated/α-hetero) is 1. The van der Waals surface area contributed by atoms with E-state index in [1.807, 2.05) is 0 Å². The van der Waals surface area contributed by atoms with Crippen molar-refractivity contribution in [1.29, 1.82) is 0 Å². The van der Waals surface area contributed by atoms with Gasteiger partial charge in [0.25, 0.3) is 0 Å². The van der Waals surface area contributed by atoms with Crippen molar-refractivity contribution in [2.75, 3.05) is 0 Å². The number of ketones is 1. The molecule has 3 heteroatoms. The van der Waals surface area contributed by atoms with Crippen LogP contribution < -0.4 is 0 Å². The predicted molar refractivity (Wildman–Crippen MR) is 50.3 cm³/mol. The number of hydrogen-bond donors (Lipinski definition) is 0. The van der Waals surface area contributed by atoms with Crippen LogP contribution in [0.4, 0.5) is 0 Å². The monoisotopic (exact) mass is 230 g/mol. The van der Waals surface area contributed by atoms with E-state index >= 15 is 0 Å². The van der Waals surface area contributed by atoms with Crippen LogP contribution in [0.15, 0.2) is 21.2 Å². The largest absolute Gasteiger partial charge is 0.460 e. The van der Waals surface area contributed by atoms with Crippen molar-refractivity contribution in [3.63, 3.8) is 0 Å². The molecule has 1 aromatic rings. The van der Waals surface area contributed by atoms with E-state index in [9.17, 15) is 4.79 Å². The van der Waals surface area contributed by atoms with E-state index in [-0.39, 0.29) is 5.78 Å². The van der Waals surface area contributed by atoms with Gasteiger partial charge in [0.1, 0.15) is 0 Å². The Morgan fingerprint density at radius 3 is 2.92 bits per heavy atom. The number of furan rings is 1. The molecule has 0 unspecified atom stereocenters. The maximum Gasteiger partial charge on any atom is 0.199 e. The van der Waals surface area contributed by atoms with Gasteiger partial charge in [0.05, 0.1) is 10.7 Å². The second kappa shape index (κ2) is 4.45. The zero-order valence-electron chi connectivity index (χ0n) is 6.97. The number of carbonyl (C=O) groups excluding carboxylic acids is 1. The van der Waals surface area contributed by atoms with Crippen LogP contribution in [0.3, 0.4) is 0 Å². The van der Waals surface area contributed by atoms with Gasteiger partial charge in [-0.25, -0.2) is 0 Å². The third-order valence-corrected chi connectivity index (χ3v) is 2.25. The van der Waals surface area contributed by atoms with Crippen molar-refractivity contribution in [2.45, 2.75) is 26.2 Å². The predicted octanol–water partition coefficient (Wildman–Crippen LogP) is 3.42. The molecule has 0 atom stereocenters. The lowest BCUT2D eigenvalue weighted by molar-refractivity contribution is 0.0952. The average molecular weight is 231 g/mol. The number of halogens is 1. The summed E-state index contributed by atoms with van der Waals surface area (Å²) >= 11 is 3.24. The molecule has 1 aromatic heterocycles. The van der Waals surface area contributed by atoms with E-state index in [1.165, 1.54) is 6.26 Å². The van der Waals surface area contributed by atoms with Gasteiger partial charge in [0, 0.05) is 6.42 Å². The van der Waals surface area contributed by atoms with E-state index in [4.69, 9.17) is 4.42 Å². The second-order valence-corrected chi connectivity index (χ2v) is 3.48. The summed E-state index contributed by atoms with van der Waals surface area (Å²) in [5.41, 5.74) is 0.